The van der Waals surface area contributed by atoms with Crippen molar-refractivity contribution in [3.63, 3.8) is 0 Å². The Hall–Kier alpha value is -0.300. The first-order chi connectivity index (χ1) is 9.80. The van der Waals surface area contributed by atoms with Crippen LogP contribution in [0.3, 0.4) is 0 Å². The van der Waals surface area contributed by atoms with E-state index in [-0.39, 0.29) is 5.75 Å². The smallest absolute Gasteiger partial charge is 0.248 e. The number of nitrogens with two attached hydrogens (primary N) is 1. The van der Waals surface area contributed by atoms with E-state index >= 15 is 0 Å². The number of alkyl halides is 2. The summed E-state index contributed by atoms with van der Waals surface area (Å²) in [5, 5.41) is 9.24. The third kappa shape index (κ3) is 4.12. The third-order valence-electron chi connectivity index (χ3n) is 2.66. The van der Waals surface area contributed by atoms with Gasteiger partial charge in [0.25, 0.3) is 0 Å². The Bertz CT molecular complexity index is 672. The van der Waals surface area contributed by atoms with E-state index in [9.17, 15) is 9.90 Å². The number of carbonyl (C=O) groups is 1. The zero-order valence-electron chi connectivity index (χ0n) is 10.5. The van der Waals surface area contributed by atoms with Crippen LogP contribution in [0.1, 0.15) is 5.56 Å². The molecular formula is C14H10I3NO3. The molecule has 0 bridgehead atoms. The van der Waals surface area contributed by atoms with Crippen molar-refractivity contribution >= 4 is 73.7 Å². The molecule has 2 aromatic carbocycles. The van der Waals surface area contributed by atoms with Gasteiger partial charge in [0.2, 0.25) is 5.91 Å². The largest absolute Gasteiger partial charge is 0.508 e. The van der Waals surface area contributed by atoms with Gasteiger partial charge < -0.3 is 15.6 Å². The lowest BCUT2D eigenvalue weighted by Crippen LogP contribution is -2.30. The van der Waals surface area contributed by atoms with Gasteiger partial charge in [0.15, 0.2) is 1.43 Å². The molecule has 0 saturated heterocycles. The molecule has 7 heteroatoms. The molecule has 110 valence electrons. The molecule has 0 aromatic heterocycles. The highest BCUT2D eigenvalue weighted by Crippen LogP contribution is 2.42. The molecule has 0 atom stereocenters. The fraction of sp³-hybridized carbons (Fsp3) is 0.0714. The number of primary amides is 1. The van der Waals surface area contributed by atoms with Gasteiger partial charge in [0, 0.05) is 9.13 Å². The average molecular weight is 621 g/mol. The second-order valence-corrected chi connectivity index (χ2v) is 10.6. The molecule has 0 saturated carbocycles. The number of ether oxygens (including phenoxy) is 1. The average Bonchev–Trinajstić information content (AvgIpc) is 2.41. The quantitative estimate of drug-likeness (QED) is 0.396. The summed E-state index contributed by atoms with van der Waals surface area (Å²) in [6.07, 6.45) is 0. The van der Waals surface area contributed by atoms with Crippen molar-refractivity contribution in [2.45, 2.75) is 1.43 Å². The summed E-state index contributed by atoms with van der Waals surface area (Å²) in [4.78, 5) is 11.5. The van der Waals surface area contributed by atoms with Crippen molar-refractivity contribution in [3.05, 3.63) is 51.6 Å². The number of benzene rings is 2. The van der Waals surface area contributed by atoms with E-state index in [1.807, 2.05) is 57.3 Å². The number of phenols is 1. The summed E-state index contributed by atoms with van der Waals surface area (Å²) >= 11 is 6.22. The van der Waals surface area contributed by atoms with Gasteiger partial charge in [-0.15, -0.1) is 0 Å². The number of phenolic OH excluding ortho intramolecular Hbond substituents is 1. The SMILES string of the molecule is NC(=O)C(I)(I)c1ccc(Oc2ccc(O)cc2)cc1I. The van der Waals surface area contributed by atoms with Crippen LogP contribution >= 0.6 is 67.8 Å². The Morgan fingerprint density at radius 2 is 1.67 bits per heavy atom. The minimum atomic E-state index is -0.789. The summed E-state index contributed by atoms with van der Waals surface area (Å²) in [5.41, 5.74) is 6.28. The second kappa shape index (κ2) is 6.86. The maximum Gasteiger partial charge on any atom is 0.248 e. The Balaban J connectivity index is 2.27. The fourth-order valence-corrected chi connectivity index (χ4v) is 4.46. The van der Waals surface area contributed by atoms with Crippen LogP contribution in [-0.2, 0) is 6.22 Å². The van der Waals surface area contributed by atoms with Gasteiger partial charge in [-0.2, -0.15) is 0 Å². The van der Waals surface area contributed by atoms with E-state index in [0.717, 1.165) is 9.13 Å². The topological polar surface area (TPSA) is 72.6 Å². The van der Waals surface area contributed by atoms with Crippen LogP contribution in [0.4, 0.5) is 0 Å². The highest BCUT2D eigenvalue weighted by molar-refractivity contribution is 14.2. The van der Waals surface area contributed by atoms with Gasteiger partial charge in [-0.05, 0) is 59.0 Å². The summed E-state index contributed by atoms with van der Waals surface area (Å²) in [6.45, 7) is 0. The summed E-state index contributed by atoms with van der Waals surface area (Å²) < 4.78 is 5.81. The lowest BCUT2D eigenvalue weighted by atomic mass is 10.1. The van der Waals surface area contributed by atoms with Crippen molar-refractivity contribution in [1.29, 1.82) is 0 Å². The maximum atomic E-state index is 11.5. The van der Waals surface area contributed by atoms with E-state index in [1.54, 1.807) is 30.3 Å². The molecule has 2 aromatic rings. The van der Waals surface area contributed by atoms with Crippen molar-refractivity contribution in [1.82, 2.24) is 0 Å². The molecule has 0 unspecified atom stereocenters. The molecule has 0 aliphatic rings. The van der Waals surface area contributed by atoms with Gasteiger partial charge in [-0.25, -0.2) is 0 Å². The number of hydrogen-bond acceptors (Lipinski definition) is 3. The van der Waals surface area contributed by atoms with E-state index < -0.39 is 7.34 Å². The Morgan fingerprint density at radius 1 is 1.10 bits per heavy atom. The summed E-state index contributed by atoms with van der Waals surface area (Å²) in [6, 6.07) is 11.9. The Labute approximate surface area is 162 Å². The van der Waals surface area contributed by atoms with Gasteiger partial charge in [-0.3, -0.25) is 4.79 Å². The molecule has 0 fully saturated rings. The maximum absolute atomic E-state index is 11.5. The monoisotopic (exact) mass is 621 g/mol. The highest BCUT2D eigenvalue weighted by Gasteiger charge is 2.34. The zero-order chi connectivity index (χ0) is 15.6. The second-order valence-electron chi connectivity index (χ2n) is 4.18. The van der Waals surface area contributed by atoms with E-state index in [2.05, 4.69) is 22.6 Å². The first-order valence-electron chi connectivity index (χ1n) is 5.75. The lowest BCUT2D eigenvalue weighted by Gasteiger charge is -2.19. The first kappa shape index (κ1) is 17.1. The molecule has 0 radical (unpaired) electrons. The summed E-state index contributed by atoms with van der Waals surface area (Å²) in [5.74, 6) is 1.07. The number of amides is 1. The van der Waals surface area contributed by atoms with Crippen LogP contribution in [0.25, 0.3) is 0 Å². The number of rotatable bonds is 4. The molecule has 1 amide bonds. The Kier molecular flexibility index (Phi) is 5.57. The minimum Gasteiger partial charge on any atom is -0.508 e. The molecule has 2 rings (SSSR count). The highest BCUT2D eigenvalue weighted by atomic mass is 127. The third-order valence-corrected chi connectivity index (χ3v) is 5.78. The molecule has 0 aliphatic heterocycles. The lowest BCUT2D eigenvalue weighted by molar-refractivity contribution is -0.117. The van der Waals surface area contributed by atoms with Gasteiger partial charge in [0.05, 0.1) is 0 Å². The number of halogens is 3. The summed E-state index contributed by atoms with van der Waals surface area (Å²) in [7, 11) is 0. The Morgan fingerprint density at radius 3 is 2.19 bits per heavy atom. The predicted molar refractivity (Wildman–Crippen MR) is 106 cm³/mol. The van der Waals surface area contributed by atoms with Crippen LogP contribution < -0.4 is 10.5 Å². The van der Waals surface area contributed by atoms with Crippen LogP contribution in [0.2, 0.25) is 0 Å². The molecule has 0 heterocycles. The van der Waals surface area contributed by atoms with Crippen LogP contribution in [0.5, 0.6) is 17.2 Å². The fourth-order valence-electron chi connectivity index (χ4n) is 1.60. The standard InChI is InChI=1S/C14H10I3NO3/c15-12-7-10(21-9-3-1-8(19)2-4-9)5-6-11(12)14(16,17)13(18)20/h1-7,19H,(H2,18,20). The van der Waals surface area contributed by atoms with Gasteiger partial charge in [-0.1, -0.05) is 51.2 Å². The van der Waals surface area contributed by atoms with Crippen LogP contribution in [0.15, 0.2) is 42.5 Å². The molecule has 3 N–H and O–H groups in total. The number of aromatic hydroxyl groups is 1. The molecule has 0 aliphatic carbocycles. The predicted octanol–water partition coefficient (Wildman–Crippen LogP) is 4.30. The van der Waals surface area contributed by atoms with E-state index in [1.165, 1.54) is 0 Å². The van der Waals surface area contributed by atoms with Crippen molar-refractivity contribution in [2.24, 2.45) is 5.73 Å². The van der Waals surface area contributed by atoms with Crippen LogP contribution in [0, 0.1) is 3.57 Å². The van der Waals surface area contributed by atoms with E-state index in [0.29, 0.717) is 11.5 Å². The number of carbonyl (C=O) groups excluding carboxylic acids is 1. The molecule has 4 nitrogen and oxygen atoms in total. The van der Waals surface area contributed by atoms with Crippen LogP contribution in [-0.4, -0.2) is 11.0 Å². The molecule has 0 spiro atoms. The molecular weight excluding hydrogens is 611 g/mol. The van der Waals surface area contributed by atoms with Gasteiger partial charge >= 0.3 is 0 Å². The van der Waals surface area contributed by atoms with E-state index in [4.69, 9.17) is 10.5 Å². The van der Waals surface area contributed by atoms with Crippen molar-refractivity contribution in [3.8, 4) is 17.2 Å². The minimum absolute atomic E-state index is 0.188. The van der Waals surface area contributed by atoms with Gasteiger partial charge in [0.1, 0.15) is 17.2 Å². The normalized spacial score (nSPS) is 11.2. The molecule has 21 heavy (non-hydrogen) atoms. The zero-order valence-corrected chi connectivity index (χ0v) is 17.0. The first-order valence-corrected chi connectivity index (χ1v) is 8.99. The van der Waals surface area contributed by atoms with Crippen molar-refractivity contribution < 1.29 is 14.6 Å². The number of hydrogen-bond donors (Lipinski definition) is 2. The van der Waals surface area contributed by atoms with Crippen molar-refractivity contribution in [2.75, 3.05) is 0 Å².